The van der Waals surface area contributed by atoms with Crippen molar-refractivity contribution >= 4 is 17.2 Å². The Kier molecular flexibility index (Phi) is 4.17. The molecule has 2 rings (SSSR count). The highest BCUT2D eigenvalue weighted by Gasteiger charge is 2.01. The van der Waals surface area contributed by atoms with E-state index < -0.39 is 0 Å². The minimum Gasteiger partial charge on any atom is -0.457 e. The molecule has 0 aromatic heterocycles. The average molecular weight is 271 g/mol. The van der Waals surface area contributed by atoms with Gasteiger partial charge in [-0.3, -0.25) is 0 Å². The van der Waals surface area contributed by atoms with Crippen molar-refractivity contribution in [3.05, 3.63) is 59.7 Å². The molecule has 0 aliphatic rings. The number of nitrogens with two attached hydrogens (primary N) is 1. The molecule has 3 heteroatoms. The van der Waals surface area contributed by atoms with Crippen LogP contribution in [-0.4, -0.2) is 4.99 Å². The van der Waals surface area contributed by atoms with E-state index in [0.29, 0.717) is 10.9 Å². The van der Waals surface area contributed by atoms with Crippen LogP contribution in [0.4, 0.5) is 0 Å². The fourth-order valence-corrected chi connectivity index (χ4v) is 1.88. The Hall–Kier alpha value is -1.87. The predicted octanol–water partition coefficient (Wildman–Crippen LogP) is 4.24. The van der Waals surface area contributed by atoms with Crippen LogP contribution in [0.25, 0.3) is 0 Å². The van der Waals surface area contributed by atoms with E-state index in [9.17, 15) is 0 Å². The Bertz CT molecular complexity index is 558. The van der Waals surface area contributed by atoms with Crippen molar-refractivity contribution in [3.8, 4) is 11.5 Å². The molecule has 0 heterocycles. The Morgan fingerprint density at radius 3 is 1.84 bits per heavy atom. The van der Waals surface area contributed by atoms with E-state index in [0.717, 1.165) is 17.1 Å². The predicted molar refractivity (Wildman–Crippen MR) is 82.9 cm³/mol. The SMILES string of the molecule is CC(C)c1ccc(Oc2ccc(C(N)=S)cc2)cc1. The first kappa shape index (κ1) is 13.6. The first-order valence-corrected chi connectivity index (χ1v) is 6.65. The van der Waals surface area contributed by atoms with E-state index in [4.69, 9.17) is 22.7 Å². The Balaban J connectivity index is 2.10. The molecule has 2 N–H and O–H groups in total. The second-order valence-electron chi connectivity index (χ2n) is 4.71. The van der Waals surface area contributed by atoms with Gasteiger partial charge in [0, 0.05) is 5.56 Å². The summed E-state index contributed by atoms with van der Waals surface area (Å²) in [4.78, 5) is 0.396. The van der Waals surface area contributed by atoms with Crippen LogP contribution in [0.15, 0.2) is 48.5 Å². The highest BCUT2D eigenvalue weighted by atomic mass is 32.1. The van der Waals surface area contributed by atoms with Crippen LogP contribution in [0, 0.1) is 0 Å². The van der Waals surface area contributed by atoms with Crippen LogP contribution in [-0.2, 0) is 0 Å². The quantitative estimate of drug-likeness (QED) is 0.845. The molecule has 0 fully saturated rings. The lowest BCUT2D eigenvalue weighted by Gasteiger charge is -2.09. The monoisotopic (exact) mass is 271 g/mol. The van der Waals surface area contributed by atoms with Crippen LogP contribution in [0.5, 0.6) is 11.5 Å². The average Bonchev–Trinajstić information content (AvgIpc) is 2.40. The minimum absolute atomic E-state index is 0.396. The molecular weight excluding hydrogens is 254 g/mol. The number of hydrogen-bond donors (Lipinski definition) is 1. The lowest BCUT2D eigenvalue weighted by atomic mass is 10.0. The van der Waals surface area contributed by atoms with Gasteiger partial charge in [-0.05, 0) is 47.9 Å². The molecule has 0 unspecified atom stereocenters. The van der Waals surface area contributed by atoms with Gasteiger partial charge in [0.25, 0.3) is 0 Å². The van der Waals surface area contributed by atoms with E-state index in [1.807, 2.05) is 36.4 Å². The number of ether oxygens (including phenoxy) is 1. The van der Waals surface area contributed by atoms with E-state index in [1.165, 1.54) is 5.56 Å². The maximum Gasteiger partial charge on any atom is 0.127 e. The molecule has 0 amide bonds. The molecule has 0 saturated heterocycles. The summed E-state index contributed by atoms with van der Waals surface area (Å²) in [5.74, 6) is 2.13. The zero-order valence-corrected chi connectivity index (χ0v) is 11.9. The van der Waals surface area contributed by atoms with E-state index in [1.54, 1.807) is 0 Å². The molecule has 0 atom stereocenters. The summed E-state index contributed by atoms with van der Waals surface area (Å²) >= 11 is 4.91. The number of rotatable bonds is 4. The molecule has 0 bridgehead atoms. The molecule has 0 aliphatic carbocycles. The number of benzene rings is 2. The van der Waals surface area contributed by atoms with Crippen LogP contribution in [0.3, 0.4) is 0 Å². The van der Waals surface area contributed by atoms with Gasteiger partial charge < -0.3 is 10.5 Å². The van der Waals surface area contributed by atoms with Gasteiger partial charge in [0.05, 0.1) is 0 Å². The Labute approximate surface area is 119 Å². The van der Waals surface area contributed by atoms with Gasteiger partial charge in [0.15, 0.2) is 0 Å². The van der Waals surface area contributed by atoms with Crippen LogP contribution in [0.1, 0.15) is 30.9 Å². The second kappa shape index (κ2) is 5.85. The molecule has 19 heavy (non-hydrogen) atoms. The maximum atomic E-state index is 5.76. The summed E-state index contributed by atoms with van der Waals surface area (Å²) in [5.41, 5.74) is 7.70. The van der Waals surface area contributed by atoms with Gasteiger partial charge in [-0.15, -0.1) is 0 Å². The highest BCUT2D eigenvalue weighted by Crippen LogP contribution is 2.24. The number of hydrogen-bond acceptors (Lipinski definition) is 2. The van der Waals surface area contributed by atoms with Crippen molar-refractivity contribution in [1.29, 1.82) is 0 Å². The summed E-state index contributed by atoms with van der Waals surface area (Å²) in [7, 11) is 0. The largest absolute Gasteiger partial charge is 0.457 e. The zero-order chi connectivity index (χ0) is 13.8. The normalized spacial score (nSPS) is 10.5. The first-order valence-electron chi connectivity index (χ1n) is 6.24. The van der Waals surface area contributed by atoms with E-state index in [2.05, 4.69) is 26.0 Å². The molecular formula is C16H17NOS. The van der Waals surface area contributed by atoms with Crippen LogP contribution in [0.2, 0.25) is 0 Å². The Morgan fingerprint density at radius 2 is 1.42 bits per heavy atom. The minimum atomic E-state index is 0.396. The van der Waals surface area contributed by atoms with Gasteiger partial charge in [-0.25, -0.2) is 0 Å². The Morgan fingerprint density at radius 1 is 0.947 bits per heavy atom. The van der Waals surface area contributed by atoms with Crippen molar-refractivity contribution in [2.75, 3.05) is 0 Å². The van der Waals surface area contributed by atoms with Gasteiger partial charge in [0.1, 0.15) is 16.5 Å². The van der Waals surface area contributed by atoms with E-state index >= 15 is 0 Å². The van der Waals surface area contributed by atoms with Crippen molar-refractivity contribution in [1.82, 2.24) is 0 Å². The van der Waals surface area contributed by atoms with Crippen molar-refractivity contribution in [3.63, 3.8) is 0 Å². The summed E-state index contributed by atoms with van der Waals surface area (Å²) in [6.45, 7) is 4.34. The molecule has 0 aliphatic heterocycles. The molecule has 2 aromatic rings. The van der Waals surface area contributed by atoms with Gasteiger partial charge in [0.2, 0.25) is 0 Å². The van der Waals surface area contributed by atoms with Crippen LogP contribution < -0.4 is 10.5 Å². The summed E-state index contributed by atoms with van der Waals surface area (Å²) in [6, 6.07) is 15.6. The zero-order valence-electron chi connectivity index (χ0n) is 11.1. The van der Waals surface area contributed by atoms with Crippen molar-refractivity contribution < 1.29 is 4.74 Å². The molecule has 2 aromatic carbocycles. The molecule has 98 valence electrons. The van der Waals surface area contributed by atoms with Gasteiger partial charge in [-0.2, -0.15) is 0 Å². The molecule has 0 saturated carbocycles. The summed E-state index contributed by atoms with van der Waals surface area (Å²) in [6.07, 6.45) is 0. The van der Waals surface area contributed by atoms with Crippen molar-refractivity contribution in [2.45, 2.75) is 19.8 Å². The van der Waals surface area contributed by atoms with Gasteiger partial charge >= 0.3 is 0 Å². The smallest absolute Gasteiger partial charge is 0.127 e. The summed E-state index contributed by atoms with van der Waals surface area (Å²) in [5, 5.41) is 0. The summed E-state index contributed by atoms with van der Waals surface area (Å²) < 4.78 is 5.76. The highest BCUT2D eigenvalue weighted by molar-refractivity contribution is 7.80. The maximum absolute atomic E-state index is 5.76. The van der Waals surface area contributed by atoms with E-state index in [-0.39, 0.29) is 0 Å². The van der Waals surface area contributed by atoms with Gasteiger partial charge in [-0.1, -0.05) is 38.2 Å². The fraction of sp³-hybridized carbons (Fsp3) is 0.188. The fourth-order valence-electron chi connectivity index (χ4n) is 1.74. The molecule has 2 nitrogen and oxygen atoms in total. The lowest BCUT2D eigenvalue weighted by Crippen LogP contribution is -2.08. The third-order valence-electron chi connectivity index (χ3n) is 2.92. The first-order chi connectivity index (χ1) is 9.06. The second-order valence-corrected chi connectivity index (χ2v) is 5.15. The topological polar surface area (TPSA) is 35.2 Å². The number of thiocarbonyl (C=S) groups is 1. The lowest BCUT2D eigenvalue weighted by molar-refractivity contribution is 0.482. The third kappa shape index (κ3) is 3.55. The molecule has 0 radical (unpaired) electrons. The standard InChI is InChI=1S/C16H17NOS/c1-11(2)12-3-7-14(8-4-12)18-15-9-5-13(6-10-15)16(17)19/h3-11H,1-2H3,(H2,17,19). The third-order valence-corrected chi connectivity index (χ3v) is 3.16. The van der Waals surface area contributed by atoms with Crippen LogP contribution >= 0.6 is 12.2 Å². The van der Waals surface area contributed by atoms with Crippen molar-refractivity contribution in [2.24, 2.45) is 5.73 Å². The molecule has 0 spiro atoms.